The minimum Gasteiger partial charge on any atom is -0.493 e. The standard InChI is InChI=1S/C26H24N2O5/c1-16-10-21-19(14-28(15-32-21)13-18-6-4-5-9-27-18)26-24(16)25(29)23(33-26)12-17-7-8-20(30-2)22(11-17)31-3/h4-12H,13-15H2,1-3H3/b23-12-. The van der Waals surface area contributed by atoms with E-state index in [-0.39, 0.29) is 11.5 Å². The van der Waals surface area contributed by atoms with Crippen LogP contribution in [0.4, 0.5) is 0 Å². The molecule has 0 saturated carbocycles. The number of aryl methyl sites for hydroxylation is 1. The lowest BCUT2D eigenvalue weighted by Crippen LogP contribution is -2.32. The number of ether oxygens (including phenoxy) is 4. The number of methoxy groups -OCH3 is 2. The van der Waals surface area contributed by atoms with Gasteiger partial charge in [0.05, 0.1) is 31.0 Å². The Hall–Kier alpha value is -3.84. The number of benzene rings is 2. The number of hydrogen-bond donors (Lipinski definition) is 0. The molecule has 0 fully saturated rings. The number of pyridine rings is 1. The molecule has 0 atom stereocenters. The van der Waals surface area contributed by atoms with Gasteiger partial charge in [0, 0.05) is 19.3 Å². The van der Waals surface area contributed by atoms with Crippen molar-refractivity contribution in [3.8, 4) is 23.0 Å². The van der Waals surface area contributed by atoms with Crippen molar-refractivity contribution in [1.29, 1.82) is 0 Å². The van der Waals surface area contributed by atoms with Gasteiger partial charge < -0.3 is 18.9 Å². The van der Waals surface area contributed by atoms with E-state index < -0.39 is 0 Å². The normalized spacial score (nSPS) is 16.1. The van der Waals surface area contributed by atoms with E-state index in [1.54, 1.807) is 32.6 Å². The maximum Gasteiger partial charge on any atom is 0.232 e. The quantitative estimate of drug-likeness (QED) is 0.541. The molecule has 0 saturated heterocycles. The first kappa shape index (κ1) is 21.0. The molecular formula is C26H24N2O5. The zero-order valence-corrected chi connectivity index (χ0v) is 18.8. The molecule has 0 aliphatic carbocycles. The summed E-state index contributed by atoms with van der Waals surface area (Å²) in [6, 6.07) is 13.2. The Morgan fingerprint density at radius 3 is 2.73 bits per heavy atom. The largest absolute Gasteiger partial charge is 0.493 e. The number of ketones is 1. The minimum atomic E-state index is -0.137. The van der Waals surface area contributed by atoms with Gasteiger partial charge in [-0.3, -0.25) is 14.7 Å². The van der Waals surface area contributed by atoms with E-state index >= 15 is 0 Å². The molecular weight excluding hydrogens is 420 g/mol. The molecule has 168 valence electrons. The van der Waals surface area contributed by atoms with Gasteiger partial charge in [0.25, 0.3) is 0 Å². The summed E-state index contributed by atoms with van der Waals surface area (Å²) in [4.78, 5) is 19.8. The summed E-state index contributed by atoms with van der Waals surface area (Å²) >= 11 is 0. The second-order valence-corrected chi connectivity index (χ2v) is 8.01. The third-order valence-corrected chi connectivity index (χ3v) is 5.80. The number of allylic oxidation sites excluding steroid dienone is 1. The highest BCUT2D eigenvalue weighted by molar-refractivity contribution is 6.15. The lowest BCUT2D eigenvalue weighted by atomic mass is 9.98. The fourth-order valence-electron chi connectivity index (χ4n) is 4.19. The van der Waals surface area contributed by atoms with Crippen LogP contribution in [0.3, 0.4) is 0 Å². The van der Waals surface area contributed by atoms with Gasteiger partial charge >= 0.3 is 0 Å². The van der Waals surface area contributed by atoms with E-state index in [1.807, 2.05) is 43.3 Å². The predicted octanol–water partition coefficient (Wildman–Crippen LogP) is 4.38. The van der Waals surface area contributed by atoms with Gasteiger partial charge in [-0.2, -0.15) is 0 Å². The molecule has 0 bridgehead atoms. The number of rotatable bonds is 5. The number of carbonyl (C=O) groups is 1. The molecule has 2 aliphatic heterocycles. The molecule has 2 aromatic carbocycles. The molecule has 3 heterocycles. The van der Waals surface area contributed by atoms with Crippen LogP contribution in [0.25, 0.3) is 6.08 Å². The van der Waals surface area contributed by atoms with Crippen LogP contribution in [0.2, 0.25) is 0 Å². The van der Waals surface area contributed by atoms with Crippen LogP contribution in [-0.4, -0.2) is 36.6 Å². The van der Waals surface area contributed by atoms with Gasteiger partial charge in [-0.1, -0.05) is 12.1 Å². The Morgan fingerprint density at radius 1 is 1.12 bits per heavy atom. The topological polar surface area (TPSA) is 70.1 Å². The van der Waals surface area contributed by atoms with Crippen molar-refractivity contribution in [2.75, 3.05) is 21.0 Å². The maximum absolute atomic E-state index is 13.2. The molecule has 7 nitrogen and oxygen atoms in total. The lowest BCUT2D eigenvalue weighted by molar-refractivity contribution is 0.0861. The SMILES string of the molecule is COc1ccc(/C=C2\Oc3c4c(cc(C)c3C2=O)OCN(Cc2ccccn2)C4)cc1OC. The van der Waals surface area contributed by atoms with Gasteiger partial charge in [-0.15, -0.1) is 0 Å². The van der Waals surface area contributed by atoms with E-state index in [0.29, 0.717) is 42.6 Å². The minimum absolute atomic E-state index is 0.137. The van der Waals surface area contributed by atoms with Gasteiger partial charge in [-0.05, 0) is 54.5 Å². The van der Waals surface area contributed by atoms with Crippen molar-refractivity contribution in [3.05, 3.63) is 82.4 Å². The highest BCUT2D eigenvalue weighted by atomic mass is 16.5. The summed E-state index contributed by atoms with van der Waals surface area (Å²) < 4.78 is 22.8. The second kappa shape index (κ2) is 8.60. The van der Waals surface area contributed by atoms with E-state index in [9.17, 15) is 4.79 Å². The highest BCUT2D eigenvalue weighted by Crippen LogP contribution is 2.44. The molecule has 3 aromatic rings. The van der Waals surface area contributed by atoms with Crippen molar-refractivity contribution < 1.29 is 23.7 Å². The van der Waals surface area contributed by atoms with Crippen LogP contribution in [-0.2, 0) is 13.1 Å². The van der Waals surface area contributed by atoms with Crippen LogP contribution in [0.15, 0.2) is 54.4 Å². The fourth-order valence-corrected chi connectivity index (χ4v) is 4.19. The van der Waals surface area contributed by atoms with Crippen molar-refractivity contribution >= 4 is 11.9 Å². The molecule has 0 spiro atoms. The van der Waals surface area contributed by atoms with Gasteiger partial charge in [0.1, 0.15) is 18.2 Å². The Morgan fingerprint density at radius 2 is 1.97 bits per heavy atom. The van der Waals surface area contributed by atoms with Gasteiger partial charge in [0.2, 0.25) is 5.78 Å². The maximum atomic E-state index is 13.2. The molecule has 0 radical (unpaired) electrons. The summed E-state index contributed by atoms with van der Waals surface area (Å²) in [7, 11) is 3.16. The molecule has 33 heavy (non-hydrogen) atoms. The molecule has 0 N–H and O–H groups in total. The molecule has 5 rings (SSSR count). The first-order valence-electron chi connectivity index (χ1n) is 10.6. The number of carbonyl (C=O) groups excluding carboxylic acids is 1. The number of aromatic nitrogens is 1. The van der Waals surface area contributed by atoms with Crippen LogP contribution >= 0.6 is 0 Å². The molecule has 2 aliphatic rings. The average molecular weight is 444 g/mol. The third kappa shape index (κ3) is 3.91. The average Bonchev–Trinajstić information content (AvgIpc) is 3.16. The lowest BCUT2D eigenvalue weighted by Gasteiger charge is -2.29. The number of hydrogen-bond acceptors (Lipinski definition) is 7. The fraction of sp³-hybridized carbons (Fsp3) is 0.231. The Kier molecular flexibility index (Phi) is 5.48. The van der Waals surface area contributed by atoms with E-state index in [4.69, 9.17) is 18.9 Å². The summed E-state index contributed by atoms with van der Waals surface area (Å²) in [6.07, 6.45) is 3.51. The van der Waals surface area contributed by atoms with Gasteiger partial charge in [-0.25, -0.2) is 0 Å². The summed E-state index contributed by atoms with van der Waals surface area (Å²) in [6.45, 7) is 3.60. The third-order valence-electron chi connectivity index (χ3n) is 5.80. The van der Waals surface area contributed by atoms with Crippen molar-refractivity contribution in [1.82, 2.24) is 9.88 Å². The zero-order chi connectivity index (χ0) is 22.9. The Labute approximate surface area is 192 Å². The Balaban J connectivity index is 1.46. The first-order chi connectivity index (χ1) is 16.1. The number of fused-ring (bicyclic) bond motifs is 3. The molecule has 7 heteroatoms. The smallest absolute Gasteiger partial charge is 0.232 e. The van der Waals surface area contributed by atoms with E-state index in [1.165, 1.54) is 0 Å². The van der Waals surface area contributed by atoms with Crippen LogP contribution in [0.5, 0.6) is 23.0 Å². The number of Topliss-reactive ketones (excluding diaryl/α,β-unsaturated/α-hetero) is 1. The van der Waals surface area contributed by atoms with E-state index in [2.05, 4.69) is 9.88 Å². The molecule has 0 unspecified atom stereocenters. The van der Waals surface area contributed by atoms with Crippen molar-refractivity contribution in [2.45, 2.75) is 20.0 Å². The summed E-state index contributed by atoms with van der Waals surface area (Å²) in [5.41, 5.74) is 4.04. The summed E-state index contributed by atoms with van der Waals surface area (Å²) in [5.74, 6) is 2.67. The summed E-state index contributed by atoms with van der Waals surface area (Å²) in [5, 5.41) is 0. The highest BCUT2D eigenvalue weighted by Gasteiger charge is 2.35. The van der Waals surface area contributed by atoms with E-state index in [0.717, 1.165) is 28.1 Å². The monoisotopic (exact) mass is 444 g/mol. The molecule has 1 aromatic heterocycles. The second-order valence-electron chi connectivity index (χ2n) is 8.01. The zero-order valence-electron chi connectivity index (χ0n) is 18.8. The van der Waals surface area contributed by atoms with Crippen molar-refractivity contribution in [2.24, 2.45) is 0 Å². The van der Waals surface area contributed by atoms with Crippen LogP contribution < -0.4 is 18.9 Å². The molecule has 0 amide bonds. The predicted molar refractivity (Wildman–Crippen MR) is 123 cm³/mol. The van der Waals surface area contributed by atoms with Crippen molar-refractivity contribution in [3.63, 3.8) is 0 Å². The first-order valence-corrected chi connectivity index (χ1v) is 10.6. The van der Waals surface area contributed by atoms with Crippen LogP contribution in [0, 0.1) is 6.92 Å². The van der Waals surface area contributed by atoms with Crippen LogP contribution in [0.1, 0.15) is 32.7 Å². The van der Waals surface area contributed by atoms with Gasteiger partial charge in [0.15, 0.2) is 17.3 Å². The Bertz CT molecular complexity index is 1250. The number of nitrogens with zero attached hydrogens (tertiary/aromatic N) is 2.